The molecule has 0 saturated heterocycles. The van der Waals surface area contributed by atoms with Crippen LogP contribution >= 0.6 is 0 Å². The molecule has 1 aliphatic rings. The van der Waals surface area contributed by atoms with Crippen molar-refractivity contribution < 1.29 is 24.2 Å². The molecule has 3 rings (SSSR count). The molecule has 0 radical (unpaired) electrons. The summed E-state index contributed by atoms with van der Waals surface area (Å²) in [5.74, 6) is -1.58. The van der Waals surface area contributed by atoms with Gasteiger partial charge in [0.05, 0.1) is 0 Å². The van der Waals surface area contributed by atoms with Gasteiger partial charge in [-0.05, 0) is 41.0 Å². The molecule has 0 spiro atoms. The highest BCUT2D eigenvalue weighted by molar-refractivity contribution is 5.89. The van der Waals surface area contributed by atoms with Gasteiger partial charge in [-0.15, -0.1) is 0 Å². The normalized spacial score (nSPS) is 14.2. The van der Waals surface area contributed by atoms with Crippen molar-refractivity contribution in [3.8, 4) is 11.1 Å². The van der Waals surface area contributed by atoms with Crippen LogP contribution in [0.25, 0.3) is 11.1 Å². The first kappa shape index (κ1) is 24.3. The topological polar surface area (TPSA) is 105 Å². The number of hydrogen-bond donors (Lipinski definition) is 3. The number of rotatable bonds is 10. The number of aliphatic carboxylic acids is 1. The summed E-state index contributed by atoms with van der Waals surface area (Å²) in [5.41, 5.74) is 4.48. The fourth-order valence-electron chi connectivity index (χ4n) is 4.31. The Kier molecular flexibility index (Phi) is 8.09. The van der Waals surface area contributed by atoms with Gasteiger partial charge in [-0.3, -0.25) is 4.79 Å². The lowest BCUT2D eigenvalue weighted by molar-refractivity contribution is -0.142. The second-order valence-corrected chi connectivity index (χ2v) is 8.84. The number of alkyl carbamates (subject to hydrolysis) is 1. The number of carbonyl (C=O) groups is 3. The molecule has 7 nitrogen and oxygen atoms in total. The van der Waals surface area contributed by atoms with Gasteiger partial charge in [0.1, 0.15) is 18.7 Å². The Morgan fingerprint density at radius 1 is 0.939 bits per heavy atom. The van der Waals surface area contributed by atoms with E-state index in [2.05, 4.69) is 22.8 Å². The highest BCUT2D eigenvalue weighted by Crippen LogP contribution is 2.44. The molecule has 33 heavy (non-hydrogen) atoms. The fourth-order valence-corrected chi connectivity index (χ4v) is 4.31. The second kappa shape index (κ2) is 11.0. The van der Waals surface area contributed by atoms with Gasteiger partial charge in [-0.1, -0.05) is 75.7 Å². The maximum atomic E-state index is 12.7. The standard InChI is InChI=1S/C26H32N2O5/c1-4-9-22(24(29)27-23(25(30)31)14-16(2)3)28-26(32)33-15-21-19-12-7-5-10-17(19)18-11-6-8-13-20(18)21/h5-8,10-13,16,21-23H,4,9,14-15H2,1-3H3,(H,27,29)(H,28,32)(H,30,31). The maximum Gasteiger partial charge on any atom is 0.407 e. The van der Waals surface area contributed by atoms with Crippen LogP contribution in [0.2, 0.25) is 0 Å². The van der Waals surface area contributed by atoms with Crippen molar-refractivity contribution >= 4 is 18.0 Å². The molecule has 1 aliphatic carbocycles. The van der Waals surface area contributed by atoms with E-state index < -0.39 is 30.1 Å². The molecular formula is C26H32N2O5. The highest BCUT2D eigenvalue weighted by Gasteiger charge is 2.30. The van der Waals surface area contributed by atoms with E-state index in [1.807, 2.05) is 57.2 Å². The summed E-state index contributed by atoms with van der Waals surface area (Å²) >= 11 is 0. The van der Waals surface area contributed by atoms with Crippen LogP contribution in [0.15, 0.2) is 48.5 Å². The molecule has 3 N–H and O–H groups in total. The lowest BCUT2D eigenvalue weighted by atomic mass is 9.98. The van der Waals surface area contributed by atoms with E-state index in [9.17, 15) is 19.5 Å². The lowest BCUT2D eigenvalue weighted by Crippen LogP contribution is -2.52. The first-order valence-corrected chi connectivity index (χ1v) is 11.5. The molecule has 2 amide bonds. The van der Waals surface area contributed by atoms with Crippen molar-refractivity contribution in [1.82, 2.24) is 10.6 Å². The highest BCUT2D eigenvalue weighted by atomic mass is 16.5. The van der Waals surface area contributed by atoms with Gasteiger partial charge in [0.25, 0.3) is 0 Å². The van der Waals surface area contributed by atoms with Crippen LogP contribution in [0, 0.1) is 5.92 Å². The summed E-state index contributed by atoms with van der Waals surface area (Å²) in [5, 5.41) is 14.6. The minimum Gasteiger partial charge on any atom is -0.480 e. The quantitative estimate of drug-likeness (QED) is 0.498. The summed E-state index contributed by atoms with van der Waals surface area (Å²) in [4.78, 5) is 36.8. The molecule has 2 aromatic rings. The average Bonchev–Trinajstić information content (AvgIpc) is 3.10. The Balaban J connectivity index is 1.64. The summed E-state index contributed by atoms with van der Waals surface area (Å²) < 4.78 is 5.54. The Bertz CT molecular complexity index is 958. The molecule has 0 fully saturated rings. The maximum absolute atomic E-state index is 12.7. The molecule has 0 aromatic heterocycles. The zero-order valence-electron chi connectivity index (χ0n) is 19.3. The fraction of sp³-hybridized carbons (Fsp3) is 0.423. The van der Waals surface area contributed by atoms with Crippen molar-refractivity contribution in [1.29, 1.82) is 0 Å². The molecule has 7 heteroatoms. The van der Waals surface area contributed by atoms with Crippen molar-refractivity contribution in [2.24, 2.45) is 5.92 Å². The SMILES string of the molecule is CCCC(NC(=O)OCC1c2ccccc2-c2ccccc21)C(=O)NC(CC(C)C)C(=O)O. The third-order valence-electron chi connectivity index (χ3n) is 5.85. The number of carboxylic acid groups (broad SMARTS) is 1. The summed E-state index contributed by atoms with van der Waals surface area (Å²) in [6.07, 6.45) is 0.639. The summed E-state index contributed by atoms with van der Waals surface area (Å²) in [7, 11) is 0. The van der Waals surface area contributed by atoms with Crippen LogP contribution in [0.3, 0.4) is 0 Å². The third kappa shape index (κ3) is 5.92. The van der Waals surface area contributed by atoms with E-state index in [-0.39, 0.29) is 18.4 Å². The van der Waals surface area contributed by atoms with Gasteiger partial charge < -0.3 is 20.5 Å². The number of ether oxygens (including phenoxy) is 1. The first-order valence-electron chi connectivity index (χ1n) is 11.5. The number of amides is 2. The van der Waals surface area contributed by atoms with Crippen LogP contribution in [0.1, 0.15) is 57.1 Å². The van der Waals surface area contributed by atoms with Crippen LogP contribution in [-0.2, 0) is 14.3 Å². The van der Waals surface area contributed by atoms with Gasteiger partial charge in [-0.25, -0.2) is 9.59 Å². The largest absolute Gasteiger partial charge is 0.480 e. The van der Waals surface area contributed by atoms with E-state index >= 15 is 0 Å². The van der Waals surface area contributed by atoms with E-state index in [0.29, 0.717) is 19.3 Å². The second-order valence-electron chi connectivity index (χ2n) is 8.84. The van der Waals surface area contributed by atoms with Crippen LogP contribution < -0.4 is 10.6 Å². The summed E-state index contributed by atoms with van der Waals surface area (Å²) in [6.45, 7) is 5.81. The lowest BCUT2D eigenvalue weighted by Gasteiger charge is -2.22. The summed E-state index contributed by atoms with van der Waals surface area (Å²) in [6, 6.07) is 14.3. The van der Waals surface area contributed by atoms with Gasteiger partial charge in [0, 0.05) is 5.92 Å². The van der Waals surface area contributed by atoms with Crippen LogP contribution in [0.4, 0.5) is 4.79 Å². The van der Waals surface area contributed by atoms with Gasteiger partial charge in [0.2, 0.25) is 5.91 Å². The van der Waals surface area contributed by atoms with Crippen molar-refractivity contribution in [3.63, 3.8) is 0 Å². The van der Waals surface area contributed by atoms with E-state index in [0.717, 1.165) is 22.3 Å². The minimum atomic E-state index is -1.09. The van der Waals surface area contributed by atoms with E-state index in [4.69, 9.17) is 4.74 Å². The van der Waals surface area contributed by atoms with Crippen molar-refractivity contribution in [2.45, 2.75) is 58.0 Å². The minimum absolute atomic E-state index is 0.0796. The Morgan fingerprint density at radius 3 is 2.03 bits per heavy atom. The molecule has 2 atom stereocenters. The van der Waals surface area contributed by atoms with E-state index in [1.165, 1.54) is 0 Å². The first-order chi connectivity index (χ1) is 15.8. The zero-order chi connectivity index (χ0) is 24.0. The monoisotopic (exact) mass is 452 g/mol. The van der Waals surface area contributed by atoms with Gasteiger partial charge in [-0.2, -0.15) is 0 Å². The Hall–Kier alpha value is -3.35. The third-order valence-corrected chi connectivity index (χ3v) is 5.85. The number of nitrogens with one attached hydrogen (secondary N) is 2. The van der Waals surface area contributed by atoms with Gasteiger partial charge in [0.15, 0.2) is 0 Å². The van der Waals surface area contributed by atoms with Crippen molar-refractivity contribution in [2.75, 3.05) is 6.61 Å². The van der Waals surface area contributed by atoms with E-state index in [1.54, 1.807) is 0 Å². The number of benzene rings is 2. The smallest absolute Gasteiger partial charge is 0.407 e. The van der Waals surface area contributed by atoms with Crippen molar-refractivity contribution in [3.05, 3.63) is 59.7 Å². The molecule has 176 valence electrons. The molecular weight excluding hydrogens is 420 g/mol. The number of carboxylic acids is 1. The molecule has 2 unspecified atom stereocenters. The average molecular weight is 453 g/mol. The number of hydrogen-bond acceptors (Lipinski definition) is 4. The molecule has 0 bridgehead atoms. The van der Waals surface area contributed by atoms with Crippen LogP contribution in [0.5, 0.6) is 0 Å². The zero-order valence-corrected chi connectivity index (χ0v) is 19.3. The predicted octanol–water partition coefficient (Wildman–Crippen LogP) is 4.31. The Morgan fingerprint density at radius 2 is 1.52 bits per heavy atom. The Labute approximate surface area is 194 Å². The molecule has 0 heterocycles. The molecule has 0 aliphatic heterocycles. The van der Waals surface area contributed by atoms with Crippen LogP contribution in [-0.4, -0.2) is 41.8 Å². The molecule has 0 saturated carbocycles. The number of fused-ring (bicyclic) bond motifs is 3. The molecule has 2 aromatic carbocycles. The number of carbonyl (C=O) groups excluding carboxylic acids is 2. The van der Waals surface area contributed by atoms with Gasteiger partial charge >= 0.3 is 12.1 Å². The predicted molar refractivity (Wildman–Crippen MR) is 126 cm³/mol.